The summed E-state index contributed by atoms with van der Waals surface area (Å²) in [6, 6.07) is 6.43. The van der Waals surface area contributed by atoms with Crippen molar-refractivity contribution in [2.24, 2.45) is 0 Å². The van der Waals surface area contributed by atoms with Gasteiger partial charge in [0.15, 0.2) is 5.76 Å². The molecule has 1 fully saturated rings. The van der Waals surface area contributed by atoms with Crippen LogP contribution in [0.25, 0.3) is 11.0 Å². The number of hydrogen-bond acceptors (Lipinski definition) is 3. The predicted octanol–water partition coefficient (Wildman–Crippen LogP) is 2.72. The summed E-state index contributed by atoms with van der Waals surface area (Å²) < 4.78 is 11.3. The number of aryl methyl sites for hydroxylation is 1. The molecule has 2 atom stereocenters. The lowest BCUT2D eigenvalue weighted by atomic mass is 10.0. The normalized spacial score (nSPS) is 20.3. The first kappa shape index (κ1) is 18.8. The van der Waals surface area contributed by atoms with Crippen LogP contribution in [0, 0.1) is 6.92 Å². The number of nitrogens with one attached hydrogen (secondary N) is 2. The van der Waals surface area contributed by atoms with Crippen molar-refractivity contribution < 1.29 is 18.8 Å². The molecule has 5 heteroatoms. The topological polar surface area (TPSA) is 55.9 Å². The monoisotopic (exact) mass is 359 g/mol. The third-order valence-electron chi connectivity index (χ3n) is 5.47. The first-order valence-corrected chi connectivity index (χ1v) is 9.89. The summed E-state index contributed by atoms with van der Waals surface area (Å²) in [7, 11) is 0. The molecule has 2 heterocycles. The summed E-state index contributed by atoms with van der Waals surface area (Å²) in [5.41, 5.74) is 1.59. The van der Waals surface area contributed by atoms with E-state index in [2.05, 4.69) is 12.2 Å². The Labute approximate surface area is 155 Å². The Morgan fingerprint density at radius 1 is 1.38 bits per heavy atom. The number of rotatable bonds is 7. The molecule has 0 bridgehead atoms. The molecule has 142 valence electrons. The van der Waals surface area contributed by atoms with Crippen molar-refractivity contribution in [2.75, 3.05) is 26.2 Å². The summed E-state index contributed by atoms with van der Waals surface area (Å²) in [6.07, 6.45) is 5.01. The standard InChI is InChI=1S/C21H30N2O3/c1-4-25-17-9-10-19-18(14-17)16(3)20(26-19)21(24)22-11-7-13-23-12-6-5-8-15(23)2/h9-10,14-15H,4-8,11-13H2,1-3H3,(H,22,24)/p+1/t15-/m0/s1. The highest BCUT2D eigenvalue weighted by molar-refractivity contribution is 5.99. The third kappa shape index (κ3) is 4.21. The highest BCUT2D eigenvalue weighted by atomic mass is 16.5. The van der Waals surface area contributed by atoms with Crippen LogP contribution in [0.5, 0.6) is 5.75 Å². The summed E-state index contributed by atoms with van der Waals surface area (Å²) >= 11 is 0. The van der Waals surface area contributed by atoms with E-state index in [-0.39, 0.29) is 5.91 Å². The number of carbonyl (C=O) groups is 1. The molecule has 5 nitrogen and oxygen atoms in total. The van der Waals surface area contributed by atoms with Gasteiger partial charge in [0.1, 0.15) is 11.3 Å². The van der Waals surface area contributed by atoms with Crippen LogP contribution in [0.3, 0.4) is 0 Å². The average molecular weight is 359 g/mol. The van der Waals surface area contributed by atoms with Gasteiger partial charge < -0.3 is 19.4 Å². The Hall–Kier alpha value is -2.01. The lowest BCUT2D eigenvalue weighted by Crippen LogP contribution is -3.16. The van der Waals surface area contributed by atoms with Crippen LogP contribution in [-0.2, 0) is 0 Å². The smallest absolute Gasteiger partial charge is 0.287 e. The number of benzene rings is 1. The zero-order valence-corrected chi connectivity index (χ0v) is 16.2. The average Bonchev–Trinajstić information content (AvgIpc) is 2.97. The van der Waals surface area contributed by atoms with Gasteiger partial charge in [-0.25, -0.2) is 0 Å². The minimum absolute atomic E-state index is 0.127. The highest BCUT2D eigenvalue weighted by Crippen LogP contribution is 2.28. The Morgan fingerprint density at radius 3 is 3.00 bits per heavy atom. The van der Waals surface area contributed by atoms with Gasteiger partial charge in [0.2, 0.25) is 0 Å². The lowest BCUT2D eigenvalue weighted by Gasteiger charge is -2.30. The number of amides is 1. The molecule has 0 aliphatic carbocycles. The molecule has 1 aromatic carbocycles. The van der Waals surface area contributed by atoms with Crippen molar-refractivity contribution in [1.82, 2.24) is 5.32 Å². The summed E-state index contributed by atoms with van der Waals surface area (Å²) in [6.45, 7) is 9.91. The zero-order chi connectivity index (χ0) is 18.5. The van der Waals surface area contributed by atoms with E-state index in [9.17, 15) is 4.79 Å². The van der Waals surface area contributed by atoms with Crippen LogP contribution in [0.4, 0.5) is 0 Å². The summed E-state index contributed by atoms with van der Waals surface area (Å²) in [4.78, 5) is 14.2. The molecule has 0 radical (unpaired) electrons. The van der Waals surface area contributed by atoms with Crippen molar-refractivity contribution in [3.8, 4) is 5.75 Å². The maximum absolute atomic E-state index is 12.5. The Kier molecular flexibility index (Phi) is 6.20. The van der Waals surface area contributed by atoms with E-state index in [0.717, 1.165) is 41.3 Å². The van der Waals surface area contributed by atoms with Crippen LogP contribution in [0.1, 0.15) is 55.6 Å². The number of carbonyl (C=O) groups excluding carboxylic acids is 1. The van der Waals surface area contributed by atoms with Gasteiger partial charge in [0.25, 0.3) is 5.91 Å². The predicted molar refractivity (Wildman–Crippen MR) is 103 cm³/mol. The van der Waals surface area contributed by atoms with Crippen LogP contribution >= 0.6 is 0 Å². The fourth-order valence-corrected chi connectivity index (χ4v) is 3.90. The first-order valence-electron chi connectivity index (χ1n) is 9.89. The minimum Gasteiger partial charge on any atom is -0.494 e. The number of fused-ring (bicyclic) bond motifs is 1. The van der Waals surface area contributed by atoms with Gasteiger partial charge in [0, 0.05) is 23.9 Å². The molecule has 0 saturated carbocycles. The molecule has 26 heavy (non-hydrogen) atoms. The fourth-order valence-electron chi connectivity index (χ4n) is 3.90. The van der Waals surface area contributed by atoms with Gasteiger partial charge in [-0.3, -0.25) is 4.79 Å². The SMILES string of the molecule is CCOc1ccc2oc(C(=O)NCCC[NH+]3CCCC[C@@H]3C)c(C)c2c1. The Balaban J connectivity index is 1.56. The van der Waals surface area contributed by atoms with Gasteiger partial charge >= 0.3 is 0 Å². The van der Waals surface area contributed by atoms with E-state index in [1.165, 1.54) is 25.8 Å². The molecule has 3 rings (SSSR count). The molecule has 1 aromatic heterocycles. The van der Waals surface area contributed by atoms with E-state index in [1.54, 1.807) is 4.90 Å². The molecule has 2 N–H and O–H groups in total. The zero-order valence-electron chi connectivity index (χ0n) is 16.2. The largest absolute Gasteiger partial charge is 0.494 e. The second-order valence-electron chi connectivity index (χ2n) is 7.31. The second-order valence-corrected chi connectivity index (χ2v) is 7.31. The number of likely N-dealkylation sites (tertiary alicyclic amines) is 1. The van der Waals surface area contributed by atoms with Gasteiger partial charge in [0.05, 0.1) is 25.7 Å². The van der Waals surface area contributed by atoms with Crippen molar-refractivity contribution in [3.05, 3.63) is 29.5 Å². The van der Waals surface area contributed by atoms with Gasteiger partial charge in [-0.15, -0.1) is 0 Å². The Bertz CT molecular complexity index is 753. The molecular weight excluding hydrogens is 328 g/mol. The molecular formula is C21H31N2O3+. The highest BCUT2D eigenvalue weighted by Gasteiger charge is 2.21. The van der Waals surface area contributed by atoms with Crippen molar-refractivity contribution in [3.63, 3.8) is 0 Å². The summed E-state index contributed by atoms with van der Waals surface area (Å²) in [5, 5.41) is 3.96. The van der Waals surface area contributed by atoms with Gasteiger partial charge in [-0.2, -0.15) is 0 Å². The van der Waals surface area contributed by atoms with Gasteiger partial charge in [-0.1, -0.05) is 0 Å². The maximum atomic E-state index is 12.5. The third-order valence-corrected chi connectivity index (χ3v) is 5.47. The van der Waals surface area contributed by atoms with Crippen molar-refractivity contribution in [1.29, 1.82) is 0 Å². The van der Waals surface area contributed by atoms with E-state index >= 15 is 0 Å². The first-order chi connectivity index (χ1) is 12.6. The Morgan fingerprint density at radius 2 is 2.23 bits per heavy atom. The van der Waals surface area contributed by atoms with E-state index < -0.39 is 0 Å². The molecule has 1 aliphatic rings. The minimum atomic E-state index is -0.127. The van der Waals surface area contributed by atoms with Gasteiger partial charge in [-0.05, 0) is 58.2 Å². The molecule has 0 spiro atoms. The maximum Gasteiger partial charge on any atom is 0.287 e. The van der Waals surface area contributed by atoms with Crippen LogP contribution in [-0.4, -0.2) is 38.2 Å². The number of ether oxygens (including phenoxy) is 1. The van der Waals surface area contributed by atoms with Crippen LogP contribution < -0.4 is 15.0 Å². The number of piperidine rings is 1. The number of quaternary nitrogens is 1. The molecule has 1 unspecified atom stereocenters. The number of hydrogen-bond donors (Lipinski definition) is 2. The molecule has 1 aliphatic heterocycles. The van der Waals surface area contributed by atoms with Crippen LogP contribution in [0.15, 0.2) is 22.6 Å². The molecule has 2 aromatic rings. The quantitative estimate of drug-likeness (QED) is 0.748. The fraction of sp³-hybridized carbons (Fsp3) is 0.571. The summed E-state index contributed by atoms with van der Waals surface area (Å²) in [5.74, 6) is 1.08. The molecule has 1 saturated heterocycles. The lowest BCUT2D eigenvalue weighted by molar-refractivity contribution is -0.928. The number of furan rings is 1. The van der Waals surface area contributed by atoms with Crippen molar-refractivity contribution in [2.45, 2.75) is 52.5 Å². The van der Waals surface area contributed by atoms with E-state index in [4.69, 9.17) is 9.15 Å². The van der Waals surface area contributed by atoms with Crippen LogP contribution in [0.2, 0.25) is 0 Å². The van der Waals surface area contributed by atoms with Crippen molar-refractivity contribution >= 4 is 16.9 Å². The van der Waals surface area contributed by atoms with E-state index in [0.29, 0.717) is 18.9 Å². The molecule has 1 amide bonds. The second kappa shape index (κ2) is 8.58. The van der Waals surface area contributed by atoms with E-state index in [1.807, 2.05) is 32.0 Å².